The molecule has 1 fully saturated rings. The van der Waals surface area contributed by atoms with Crippen LogP contribution in [0.5, 0.6) is 0 Å². The van der Waals surface area contributed by atoms with Crippen LogP contribution in [-0.4, -0.2) is 23.5 Å². The molecule has 0 aromatic heterocycles. The molecule has 0 bridgehead atoms. The fraction of sp³-hybridized carbons (Fsp3) is 0.850. The molecule has 0 N–H and O–H groups in total. The second-order valence-electron chi connectivity index (χ2n) is 7.78. The maximum Gasteiger partial charge on any atom is 0.132 e. The summed E-state index contributed by atoms with van der Waals surface area (Å²) in [4.78, 5) is -0.00881. The van der Waals surface area contributed by atoms with Gasteiger partial charge in [0.05, 0.1) is 0 Å². The van der Waals surface area contributed by atoms with Gasteiger partial charge in [0, 0.05) is 18.6 Å². The third kappa shape index (κ3) is 3.38. The van der Waals surface area contributed by atoms with Crippen molar-refractivity contribution in [2.75, 3.05) is 13.4 Å². The average molecular weight is 328 g/mol. The highest BCUT2D eigenvalue weighted by atomic mass is 32.3. The minimum absolute atomic E-state index is 0.00881. The van der Waals surface area contributed by atoms with Crippen LogP contribution in [0.15, 0.2) is 12.7 Å². The van der Waals surface area contributed by atoms with E-state index < -0.39 is 10.0 Å². The van der Waals surface area contributed by atoms with Crippen LogP contribution in [0.2, 0.25) is 0 Å². The van der Waals surface area contributed by atoms with Crippen molar-refractivity contribution in [2.45, 2.75) is 76.9 Å². The van der Waals surface area contributed by atoms with Gasteiger partial charge in [-0.25, -0.2) is 0 Å². The van der Waals surface area contributed by atoms with E-state index in [1.54, 1.807) is 0 Å². The van der Waals surface area contributed by atoms with Crippen molar-refractivity contribution in [3.05, 3.63) is 18.9 Å². The fourth-order valence-electron chi connectivity index (χ4n) is 4.52. The van der Waals surface area contributed by atoms with E-state index >= 15 is 0 Å². The van der Waals surface area contributed by atoms with Gasteiger partial charge in [-0.2, -0.15) is 0 Å². The third-order valence-corrected chi connectivity index (χ3v) is 10.9. The fourth-order valence-corrected chi connectivity index (χ4v) is 8.46. The lowest BCUT2D eigenvalue weighted by Gasteiger charge is -2.45. The molecule has 22 heavy (non-hydrogen) atoms. The molecule has 0 aromatic carbocycles. The summed E-state index contributed by atoms with van der Waals surface area (Å²) in [5, 5.41) is 0.759. The van der Waals surface area contributed by atoms with E-state index in [1.165, 1.54) is 19.3 Å². The van der Waals surface area contributed by atoms with Crippen molar-refractivity contribution in [1.82, 2.24) is 0 Å². The van der Waals surface area contributed by atoms with Crippen LogP contribution >= 0.6 is 10.0 Å². The molecule has 1 aliphatic rings. The molecule has 1 rings (SSSR count). The van der Waals surface area contributed by atoms with E-state index in [1.807, 2.05) is 7.11 Å². The predicted molar refractivity (Wildman–Crippen MR) is 103 cm³/mol. The SMILES string of the molecule is C=CC(C)CC(C)(CC)C1CC1S([CH2+])(C)C(CC)(CC)OC. The van der Waals surface area contributed by atoms with Crippen molar-refractivity contribution in [3.63, 3.8) is 0 Å². The minimum Gasteiger partial charge on any atom is -0.365 e. The first kappa shape index (κ1) is 20.0. The summed E-state index contributed by atoms with van der Waals surface area (Å²) in [7, 11) is 0.866. The molecule has 0 amide bonds. The Balaban J connectivity index is 2.95. The Morgan fingerprint density at radius 2 is 1.86 bits per heavy atom. The Morgan fingerprint density at radius 3 is 2.23 bits per heavy atom. The topological polar surface area (TPSA) is 9.23 Å². The second kappa shape index (κ2) is 7.21. The van der Waals surface area contributed by atoms with Gasteiger partial charge >= 0.3 is 0 Å². The largest absolute Gasteiger partial charge is 0.365 e. The zero-order valence-corrected chi connectivity index (χ0v) is 16.9. The Morgan fingerprint density at radius 1 is 1.32 bits per heavy atom. The lowest BCUT2D eigenvalue weighted by atomic mass is 9.75. The molecule has 1 nitrogen and oxygen atoms in total. The van der Waals surface area contributed by atoms with Crippen LogP contribution in [0.1, 0.15) is 66.7 Å². The molecule has 0 aliphatic heterocycles. The van der Waals surface area contributed by atoms with Gasteiger partial charge in [-0.1, -0.05) is 57.1 Å². The first-order valence-electron chi connectivity index (χ1n) is 8.95. The van der Waals surface area contributed by atoms with Crippen molar-refractivity contribution in [2.24, 2.45) is 17.3 Å². The van der Waals surface area contributed by atoms with Gasteiger partial charge in [0.2, 0.25) is 0 Å². The van der Waals surface area contributed by atoms with Crippen molar-refractivity contribution in [1.29, 1.82) is 0 Å². The molecule has 1 aliphatic carbocycles. The van der Waals surface area contributed by atoms with E-state index in [0.29, 0.717) is 11.3 Å². The quantitative estimate of drug-likeness (QED) is 0.333. The van der Waals surface area contributed by atoms with Crippen molar-refractivity contribution >= 4 is 10.0 Å². The van der Waals surface area contributed by atoms with E-state index in [0.717, 1.165) is 24.0 Å². The van der Waals surface area contributed by atoms with Crippen LogP contribution in [0, 0.1) is 23.5 Å². The summed E-state index contributed by atoms with van der Waals surface area (Å²) in [6, 6.07) is 0. The summed E-state index contributed by atoms with van der Waals surface area (Å²) in [6.45, 7) is 15.6. The van der Waals surface area contributed by atoms with E-state index in [9.17, 15) is 0 Å². The van der Waals surface area contributed by atoms with Crippen molar-refractivity contribution in [3.8, 4) is 0 Å². The molecular formula is C20H39OS+. The summed E-state index contributed by atoms with van der Waals surface area (Å²) in [5.41, 5.74) is 0.422. The molecule has 5 unspecified atom stereocenters. The smallest absolute Gasteiger partial charge is 0.132 e. The summed E-state index contributed by atoms with van der Waals surface area (Å²) in [6.07, 6.45) is 15.3. The zero-order chi connectivity index (χ0) is 17.2. The minimum atomic E-state index is -1.02. The number of hydrogen-bond donors (Lipinski definition) is 0. The zero-order valence-electron chi connectivity index (χ0n) is 16.1. The number of rotatable bonds is 10. The molecule has 0 heterocycles. The monoisotopic (exact) mass is 327 g/mol. The Bertz CT molecular complexity index is 364. The Labute approximate surface area is 141 Å². The van der Waals surface area contributed by atoms with Gasteiger partial charge < -0.3 is 4.74 Å². The first-order chi connectivity index (χ1) is 10.2. The van der Waals surface area contributed by atoms with Gasteiger partial charge in [0.1, 0.15) is 11.2 Å². The maximum absolute atomic E-state index is 6.06. The van der Waals surface area contributed by atoms with Crippen LogP contribution < -0.4 is 0 Å². The number of allylic oxidation sites excluding steroid dienone is 1. The molecular weight excluding hydrogens is 288 g/mol. The highest BCUT2D eigenvalue weighted by Gasteiger charge is 2.62. The molecule has 0 spiro atoms. The summed E-state index contributed by atoms with van der Waals surface area (Å²) < 4.78 is 6.06. The lowest BCUT2D eigenvalue weighted by molar-refractivity contribution is 0.0607. The molecule has 130 valence electrons. The van der Waals surface area contributed by atoms with Crippen LogP contribution in [-0.2, 0) is 4.74 Å². The highest BCUT2D eigenvalue weighted by molar-refractivity contribution is 8.35. The average Bonchev–Trinajstić information content (AvgIpc) is 3.30. The molecule has 1 saturated carbocycles. The van der Waals surface area contributed by atoms with E-state index in [2.05, 4.69) is 53.5 Å². The maximum atomic E-state index is 6.06. The molecule has 0 radical (unpaired) electrons. The number of hydrogen-bond acceptors (Lipinski definition) is 1. The molecule has 2 heteroatoms. The Kier molecular flexibility index (Phi) is 6.55. The van der Waals surface area contributed by atoms with E-state index in [-0.39, 0.29) is 4.93 Å². The van der Waals surface area contributed by atoms with Crippen LogP contribution in [0.4, 0.5) is 0 Å². The lowest BCUT2D eigenvalue weighted by Crippen LogP contribution is -2.38. The van der Waals surface area contributed by atoms with Gasteiger partial charge in [0.25, 0.3) is 0 Å². The highest BCUT2D eigenvalue weighted by Crippen LogP contribution is 2.74. The molecule has 5 atom stereocenters. The molecule has 0 saturated heterocycles. The normalized spacial score (nSPS) is 30.0. The van der Waals surface area contributed by atoms with Crippen molar-refractivity contribution < 1.29 is 4.74 Å². The molecule has 0 aromatic rings. The van der Waals surface area contributed by atoms with Gasteiger partial charge in [0.15, 0.2) is 0 Å². The van der Waals surface area contributed by atoms with Crippen LogP contribution in [0.25, 0.3) is 0 Å². The number of methoxy groups -OCH3 is 1. The van der Waals surface area contributed by atoms with Gasteiger partial charge in [-0.15, -0.1) is 6.58 Å². The van der Waals surface area contributed by atoms with Gasteiger partial charge in [-0.05, 0) is 42.9 Å². The third-order valence-electron chi connectivity index (χ3n) is 6.59. The first-order valence-corrected chi connectivity index (χ1v) is 11.2. The van der Waals surface area contributed by atoms with Gasteiger partial charge in [-0.3, -0.25) is 0 Å². The Hall–Kier alpha value is -0.0800. The summed E-state index contributed by atoms with van der Waals surface area (Å²) >= 11 is 0. The second-order valence-corrected chi connectivity index (χ2v) is 11.4. The van der Waals surface area contributed by atoms with Crippen LogP contribution in [0.3, 0.4) is 0 Å². The standard InChI is InChI=1S/C20H39OS/c1-10-16(5)15-19(6,11-2)17-14-18(17)22(8,9)20(12-3,13-4)21-7/h10,16-18H,1,8,11-15H2,2-7,9H3/q+1. The number of ether oxygens (including phenoxy) is 1. The van der Waals surface area contributed by atoms with E-state index in [4.69, 9.17) is 11.0 Å². The summed E-state index contributed by atoms with van der Waals surface area (Å²) in [5.74, 6) is 1.41. The predicted octanol–water partition coefficient (Wildman–Crippen LogP) is 6.39.